The highest BCUT2D eigenvalue weighted by Crippen LogP contribution is 2.28. The lowest BCUT2D eigenvalue weighted by molar-refractivity contribution is 0.0594. The average molecular weight is 278 g/mol. The number of hydrogen-bond acceptors (Lipinski definition) is 6. The smallest absolute Gasteiger partial charge is 0.357 e. The number of hydrogen-bond donors (Lipinski definition) is 0. The second-order valence-corrected chi connectivity index (χ2v) is 5.53. The van der Waals surface area contributed by atoms with Crippen molar-refractivity contribution in [2.75, 3.05) is 18.6 Å². The van der Waals surface area contributed by atoms with Gasteiger partial charge in [0.1, 0.15) is 5.82 Å². The molecular formula is C12H14N4O2S. The van der Waals surface area contributed by atoms with Crippen LogP contribution in [0.5, 0.6) is 0 Å². The third-order valence-electron chi connectivity index (χ3n) is 3.18. The van der Waals surface area contributed by atoms with Gasteiger partial charge in [-0.3, -0.25) is 0 Å². The fraction of sp³-hybridized carbons (Fsp3) is 0.417. The van der Waals surface area contributed by atoms with Crippen LogP contribution in [0.2, 0.25) is 0 Å². The highest BCUT2D eigenvalue weighted by atomic mass is 32.1. The minimum atomic E-state index is -0.376. The number of fused-ring (bicyclic) bond motifs is 1. The topological polar surface area (TPSA) is 60.2 Å². The van der Waals surface area contributed by atoms with E-state index in [-0.39, 0.29) is 5.97 Å². The van der Waals surface area contributed by atoms with Crippen molar-refractivity contribution in [1.82, 2.24) is 14.5 Å². The highest BCUT2D eigenvalue weighted by molar-refractivity contribution is 7.15. The van der Waals surface area contributed by atoms with Gasteiger partial charge in [0.2, 0.25) is 0 Å². The third-order valence-corrected chi connectivity index (χ3v) is 4.21. The first-order chi connectivity index (χ1) is 9.19. The van der Waals surface area contributed by atoms with Crippen molar-refractivity contribution in [3.05, 3.63) is 28.8 Å². The zero-order chi connectivity index (χ0) is 13.4. The van der Waals surface area contributed by atoms with E-state index in [1.54, 1.807) is 0 Å². The van der Waals surface area contributed by atoms with Crippen LogP contribution in [0, 0.1) is 6.92 Å². The molecule has 0 fully saturated rings. The first kappa shape index (κ1) is 12.2. The van der Waals surface area contributed by atoms with E-state index in [9.17, 15) is 4.79 Å². The molecule has 0 bridgehead atoms. The number of anilines is 1. The van der Waals surface area contributed by atoms with Gasteiger partial charge in [-0.15, -0.1) is 11.3 Å². The molecule has 2 aromatic rings. The maximum Gasteiger partial charge on any atom is 0.357 e. The van der Waals surface area contributed by atoms with Crippen molar-refractivity contribution in [3.63, 3.8) is 0 Å². The van der Waals surface area contributed by atoms with Gasteiger partial charge in [0, 0.05) is 30.4 Å². The monoisotopic (exact) mass is 278 g/mol. The Morgan fingerprint density at radius 3 is 3.11 bits per heavy atom. The normalized spacial score (nSPS) is 14.3. The Hall–Kier alpha value is -1.89. The van der Waals surface area contributed by atoms with Gasteiger partial charge in [-0.05, 0) is 6.92 Å². The van der Waals surface area contributed by atoms with E-state index in [0.717, 1.165) is 35.5 Å². The van der Waals surface area contributed by atoms with Gasteiger partial charge in [0.25, 0.3) is 0 Å². The lowest BCUT2D eigenvalue weighted by Crippen LogP contribution is -2.33. The Kier molecular flexibility index (Phi) is 2.98. The molecule has 3 rings (SSSR count). The van der Waals surface area contributed by atoms with Crippen molar-refractivity contribution in [2.24, 2.45) is 0 Å². The van der Waals surface area contributed by atoms with E-state index in [1.807, 2.05) is 19.3 Å². The molecule has 0 aliphatic carbocycles. The van der Waals surface area contributed by atoms with Crippen molar-refractivity contribution in [3.8, 4) is 0 Å². The van der Waals surface area contributed by atoms with E-state index in [4.69, 9.17) is 4.74 Å². The lowest BCUT2D eigenvalue weighted by Gasteiger charge is -2.27. The first-order valence-corrected chi connectivity index (χ1v) is 6.81. The number of methoxy groups -OCH3 is 1. The summed E-state index contributed by atoms with van der Waals surface area (Å²) in [7, 11) is 1.37. The second-order valence-electron chi connectivity index (χ2n) is 4.35. The standard InChI is InChI=1S/C12H14N4O2S/c1-8-10(11(17)18-2)14-12(19-8)16-6-5-15-4-3-13-9(15)7-16/h3-4H,5-7H2,1-2H3. The van der Waals surface area contributed by atoms with Crippen molar-refractivity contribution in [1.29, 1.82) is 0 Å². The summed E-state index contributed by atoms with van der Waals surface area (Å²) in [5.74, 6) is 0.650. The molecule has 19 heavy (non-hydrogen) atoms. The molecule has 0 unspecified atom stereocenters. The summed E-state index contributed by atoms with van der Waals surface area (Å²) in [5, 5.41) is 0.854. The molecule has 0 amide bonds. The van der Waals surface area contributed by atoms with Gasteiger partial charge in [-0.2, -0.15) is 0 Å². The lowest BCUT2D eigenvalue weighted by atomic mass is 10.4. The van der Waals surface area contributed by atoms with E-state index in [0.29, 0.717) is 5.69 Å². The number of ether oxygens (including phenoxy) is 1. The maximum absolute atomic E-state index is 11.6. The molecule has 3 heterocycles. The van der Waals surface area contributed by atoms with Crippen molar-refractivity contribution in [2.45, 2.75) is 20.0 Å². The van der Waals surface area contributed by atoms with Gasteiger partial charge in [0.15, 0.2) is 10.8 Å². The molecule has 0 aromatic carbocycles. The summed E-state index contributed by atoms with van der Waals surface area (Å²) < 4.78 is 6.87. The Labute approximate surface area is 114 Å². The van der Waals surface area contributed by atoms with Crippen LogP contribution < -0.4 is 4.90 Å². The molecule has 0 saturated heterocycles. The zero-order valence-corrected chi connectivity index (χ0v) is 11.6. The van der Waals surface area contributed by atoms with Crippen molar-refractivity contribution >= 4 is 22.4 Å². The summed E-state index contributed by atoms with van der Waals surface area (Å²) in [6, 6.07) is 0. The van der Waals surface area contributed by atoms with E-state index in [1.165, 1.54) is 18.4 Å². The Morgan fingerprint density at radius 2 is 2.32 bits per heavy atom. The van der Waals surface area contributed by atoms with Gasteiger partial charge in [0.05, 0.1) is 13.7 Å². The van der Waals surface area contributed by atoms with Gasteiger partial charge < -0.3 is 14.2 Å². The first-order valence-electron chi connectivity index (χ1n) is 5.99. The summed E-state index contributed by atoms with van der Waals surface area (Å²) in [5.41, 5.74) is 0.413. The minimum absolute atomic E-state index is 0.376. The van der Waals surface area contributed by atoms with Crippen molar-refractivity contribution < 1.29 is 9.53 Å². The zero-order valence-electron chi connectivity index (χ0n) is 10.8. The molecule has 1 aliphatic heterocycles. The van der Waals surface area contributed by atoms with Crippen LogP contribution in [0.4, 0.5) is 5.13 Å². The van der Waals surface area contributed by atoms with Gasteiger partial charge in [-0.1, -0.05) is 0 Å². The molecule has 100 valence electrons. The van der Waals surface area contributed by atoms with Crippen LogP contribution in [-0.2, 0) is 17.8 Å². The van der Waals surface area contributed by atoms with Crippen LogP contribution in [-0.4, -0.2) is 34.2 Å². The number of aryl methyl sites for hydroxylation is 1. The molecule has 0 N–H and O–H groups in total. The minimum Gasteiger partial charge on any atom is -0.464 e. The third kappa shape index (κ3) is 2.10. The number of imidazole rings is 1. The number of carbonyl (C=O) groups excluding carboxylic acids is 1. The van der Waals surface area contributed by atoms with Gasteiger partial charge >= 0.3 is 5.97 Å². The second kappa shape index (κ2) is 4.65. The summed E-state index contributed by atoms with van der Waals surface area (Å²) in [4.78, 5) is 23.3. The van der Waals surface area contributed by atoms with E-state index in [2.05, 4.69) is 19.4 Å². The predicted octanol–water partition coefficient (Wildman–Crippen LogP) is 1.45. The number of thiazole rings is 1. The van der Waals surface area contributed by atoms with E-state index < -0.39 is 0 Å². The SMILES string of the molecule is COC(=O)c1nc(N2CCn3ccnc3C2)sc1C. The number of rotatable bonds is 2. The highest BCUT2D eigenvalue weighted by Gasteiger charge is 2.23. The maximum atomic E-state index is 11.6. The predicted molar refractivity (Wildman–Crippen MR) is 71.5 cm³/mol. The summed E-state index contributed by atoms with van der Waals surface area (Å²) >= 11 is 1.52. The molecular weight excluding hydrogens is 264 g/mol. The van der Waals surface area contributed by atoms with Crippen LogP contribution in [0.25, 0.3) is 0 Å². The molecule has 0 saturated carbocycles. The Balaban J connectivity index is 1.86. The number of nitrogens with zero attached hydrogens (tertiary/aromatic N) is 4. The number of esters is 1. The largest absolute Gasteiger partial charge is 0.464 e. The van der Waals surface area contributed by atoms with Gasteiger partial charge in [-0.25, -0.2) is 14.8 Å². The fourth-order valence-corrected chi connectivity index (χ4v) is 3.06. The summed E-state index contributed by atoms with van der Waals surface area (Å²) in [6.45, 7) is 4.37. The quantitative estimate of drug-likeness (QED) is 0.778. The number of aromatic nitrogens is 3. The van der Waals surface area contributed by atoms with Crippen LogP contribution in [0.15, 0.2) is 12.4 Å². The number of carbonyl (C=O) groups is 1. The molecule has 0 spiro atoms. The van der Waals surface area contributed by atoms with Crippen LogP contribution >= 0.6 is 11.3 Å². The molecule has 2 aromatic heterocycles. The molecule has 1 aliphatic rings. The van der Waals surface area contributed by atoms with Crippen LogP contribution in [0.3, 0.4) is 0 Å². The molecule has 0 radical (unpaired) electrons. The molecule has 0 atom stereocenters. The Morgan fingerprint density at radius 1 is 1.47 bits per heavy atom. The average Bonchev–Trinajstić information content (AvgIpc) is 3.03. The van der Waals surface area contributed by atoms with E-state index >= 15 is 0 Å². The molecule has 7 heteroatoms. The van der Waals surface area contributed by atoms with Crippen LogP contribution in [0.1, 0.15) is 21.2 Å². The summed E-state index contributed by atoms with van der Waals surface area (Å²) in [6.07, 6.45) is 3.80. The fourth-order valence-electron chi connectivity index (χ4n) is 2.14. The molecule has 6 nitrogen and oxygen atoms in total. The Bertz CT molecular complexity index is 619.